The normalized spacial score (nSPS) is 12.1. The molecular weight excluding hydrogens is 242 g/mol. The number of amides is 1. The number of nitrogens with zero attached hydrogens (tertiary/aromatic N) is 3. The molecule has 2 rings (SSSR count). The molecule has 0 aliphatic heterocycles. The van der Waals surface area contributed by atoms with E-state index in [1.165, 1.54) is 0 Å². The summed E-state index contributed by atoms with van der Waals surface area (Å²) in [5, 5.41) is 11.8. The lowest BCUT2D eigenvalue weighted by Crippen LogP contribution is -2.31. The zero-order valence-corrected chi connectivity index (χ0v) is 10.8. The van der Waals surface area contributed by atoms with Gasteiger partial charge in [0, 0.05) is 6.54 Å². The molecule has 0 aliphatic carbocycles. The van der Waals surface area contributed by atoms with E-state index in [9.17, 15) is 4.79 Å². The van der Waals surface area contributed by atoms with Crippen LogP contribution in [0.3, 0.4) is 0 Å². The molecular formula is C13H15N5O. The molecule has 6 heteroatoms. The van der Waals surface area contributed by atoms with Crippen molar-refractivity contribution in [3.63, 3.8) is 0 Å². The maximum Gasteiger partial charge on any atom is 0.242 e. The third-order valence-corrected chi connectivity index (χ3v) is 2.99. The van der Waals surface area contributed by atoms with Gasteiger partial charge in [-0.05, 0) is 26.0 Å². The van der Waals surface area contributed by atoms with Crippen LogP contribution in [-0.2, 0) is 4.79 Å². The van der Waals surface area contributed by atoms with Crippen LogP contribution >= 0.6 is 0 Å². The smallest absolute Gasteiger partial charge is 0.242 e. The molecule has 0 radical (unpaired) electrons. The Morgan fingerprint density at radius 3 is 3.00 bits per heavy atom. The summed E-state index contributed by atoms with van der Waals surface area (Å²) in [6.07, 6.45) is 0. The zero-order chi connectivity index (χ0) is 14.0. The van der Waals surface area contributed by atoms with Gasteiger partial charge in [0.15, 0.2) is 0 Å². The first-order valence-corrected chi connectivity index (χ1v) is 6.04. The Bertz CT molecular complexity index is 667. The van der Waals surface area contributed by atoms with E-state index in [0.717, 1.165) is 0 Å². The number of likely N-dealkylation sites (N-methyl/N-ethyl adjacent to an activating group) is 1. The highest BCUT2D eigenvalue weighted by molar-refractivity contribution is 5.88. The van der Waals surface area contributed by atoms with Crippen molar-refractivity contribution in [2.45, 2.75) is 19.9 Å². The summed E-state index contributed by atoms with van der Waals surface area (Å²) < 4.78 is 1.64. The van der Waals surface area contributed by atoms with Gasteiger partial charge in [-0.2, -0.15) is 5.26 Å². The van der Waals surface area contributed by atoms with Gasteiger partial charge in [-0.3, -0.25) is 9.36 Å². The molecule has 1 amide bonds. The number of nitriles is 1. The van der Waals surface area contributed by atoms with E-state index >= 15 is 0 Å². The molecule has 6 nitrogen and oxygen atoms in total. The summed E-state index contributed by atoms with van der Waals surface area (Å²) in [7, 11) is 0. The molecule has 98 valence electrons. The SMILES string of the molecule is CCNC(=O)C(C)n1c(N)nc2c(C#N)cccc21. The van der Waals surface area contributed by atoms with Crippen LogP contribution in [0.4, 0.5) is 5.95 Å². The van der Waals surface area contributed by atoms with Crippen molar-refractivity contribution < 1.29 is 4.79 Å². The standard InChI is InChI=1S/C13H15N5O/c1-3-16-12(19)8(2)18-10-6-4-5-9(7-14)11(10)17-13(18)15/h4-6,8H,3H2,1-2H3,(H2,15,17)(H,16,19). The van der Waals surface area contributed by atoms with Crippen molar-refractivity contribution in [3.8, 4) is 6.07 Å². The molecule has 0 spiro atoms. The van der Waals surface area contributed by atoms with E-state index < -0.39 is 6.04 Å². The van der Waals surface area contributed by atoms with Crippen molar-refractivity contribution >= 4 is 22.9 Å². The number of hydrogen-bond acceptors (Lipinski definition) is 4. The number of carbonyl (C=O) groups excluding carboxylic acids is 1. The summed E-state index contributed by atoms with van der Waals surface area (Å²) >= 11 is 0. The number of nitrogen functional groups attached to an aromatic ring is 1. The first kappa shape index (κ1) is 12.9. The molecule has 0 aliphatic rings. The van der Waals surface area contributed by atoms with Crippen molar-refractivity contribution in [1.29, 1.82) is 5.26 Å². The van der Waals surface area contributed by atoms with Crippen LogP contribution in [0.1, 0.15) is 25.5 Å². The number of imidazole rings is 1. The monoisotopic (exact) mass is 257 g/mol. The third kappa shape index (κ3) is 2.10. The van der Waals surface area contributed by atoms with Gasteiger partial charge in [-0.1, -0.05) is 6.07 Å². The van der Waals surface area contributed by atoms with E-state index in [-0.39, 0.29) is 11.9 Å². The quantitative estimate of drug-likeness (QED) is 0.863. The lowest BCUT2D eigenvalue weighted by molar-refractivity contribution is -0.123. The molecule has 1 atom stereocenters. The first-order chi connectivity index (χ1) is 9.10. The molecule has 1 heterocycles. The minimum atomic E-state index is -0.473. The summed E-state index contributed by atoms with van der Waals surface area (Å²) in [5.74, 6) is 0.104. The summed E-state index contributed by atoms with van der Waals surface area (Å²) in [6, 6.07) is 6.83. The Morgan fingerprint density at radius 2 is 2.37 bits per heavy atom. The number of aromatic nitrogens is 2. The van der Waals surface area contributed by atoms with E-state index in [2.05, 4.69) is 16.4 Å². The molecule has 3 N–H and O–H groups in total. The number of nitrogens with two attached hydrogens (primary N) is 1. The van der Waals surface area contributed by atoms with E-state index in [1.807, 2.05) is 6.92 Å². The molecule has 1 aromatic carbocycles. The average molecular weight is 257 g/mol. The predicted molar refractivity (Wildman–Crippen MR) is 72.3 cm³/mol. The predicted octanol–water partition coefficient (Wildman–Crippen LogP) is 1.19. The second-order valence-corrected chi connectivity index (χ2v) is 4.20. The van der Waals surface area contributed by atoms with Crippen LogP contribution in [0, 0.1) is 11.3 Å². The second-order valence-electron chi connectivity index (χ2n) is 4.20. The molecule has 0 bridgehead atoms. The summed E-state index contributed by atoms with van der Waals surface area (Å²) in [6.45, 7) is 4.16. The highest BCUT2D eigenvalue weighted by Crippen LogP contribution is 2.25. The molecule has 2 aromatic rings. The Balaban J connectivity index is 2.58. The molecule has 1 aromatic heterocycles. The minimum Gasteiger partial charge on any atom is -0.369 e. The highest BCUT2D eigenvalue weighted by Gasteiger charge is 2.20. The zero-order valence-electron chi connectivity index (χ0n) is 10.8. The van der Waals surface area contributed by atoms with Gasteiger partial charge in [0.05, 0.1) is 11.1 Å². The fourth-order valence-electron chi connectivity index (χ4n) is 2.07. The number of benzene rings is 1. The van der Waals surface area contributed by atoms with Gasteiger partial charge < -0.3 is 11.1 Å². The Kier molecular flexibility index (Phi) is 3.38. The van der Waals surface area contributed by atoms with Crippen LogP contribution in [0.15, 0.2) is 18.2 Å². The second kappa shape index (κ2) is 4.98. The summed E-state index contributed by atoms with van der Waals surface area (Å²) in [4.78, 5) is 16.1. The van der Waals surface area contributed by atoms with Crippen LogP contribution in [-0.4, -0.2) is 22.0 Å². The van der Waals surface area contributed by atoms with E-state index in [1.54, 1.807) is 29.7 Å². The fourth-order valence-corrected chi connectivity index (χ4v) is 2.07. The first-order valence-electron chi connectivity index (χ1n) is 6.04. The van der Waals surface area contributed by atoms with Gasteiger partial charge in [-0.15, -0.1) is 0 Å². The topological polar surface area (TPSA) is 96.7 Å². The van der Waals surface area contributed by atoms with Gasteiger partial charge in [0.1, 0.15) is 17.6 Å². The molecule has 0 saturated heterocycles. The van der Waals surface area contributed by atoms with Crippen molar-refractivity contribution in [2.75, 3.05) is 12.3 Å². The van der Waals surface area contributed by atoms with Crippen LogP contribution in [0.25, 0.3) is 11.0 Å². The third-order valence-electron chi connectivity index (χ3n) is 2.99. The van der Waals surface area contributed by atoms with Crippen LogP contribution in [0.5, 0.6) is 0 Å². The lowest BCUT2D eigenvalue weighted by Gasteiger charge is -2.15. The number of fused-ring (bicyclic) bond motifs is 1. The molecule has 19 heavy (non-hydrogen) atoms. The molecule has 0 saturated carbocycles. The van der Waals surface area contributed by atoms with Gasteiger partial charge >= 0.3 is 0 Å². The van der Waals surface area contributed by atoms with E-state index in [0.29, 0.717) is 23.1 Å². The van der Waals surface area contributed by atoms with Crippen LogP contribution < -0.4 is 11.1 Å². The number of carbonyl (C=O) groups is 1. The summed E-state index contributed by atoms with van der Waals surface area (Å²) in [5.41, 5.74) is 7.54. The van der Waals surface area contributed by atoms with Crippen LogP contribution in [0.2, 0.25) is 0 Å². The number of nitrogens with one attached hydrogen (secondary N) is 1. The van der Waals surface area contributed by atoms with Crippen molar-refractivity contribution in [3.05, 3.63) is 23.8 Å². The Labute approximate surface area is 110 Å². The average Bonchev–Trinajstić information content (AvgIpc) is 2.73. The number of para-hydroxylation sites is 1. The maximum absolute atomic E-state index is 11.9. The fraction of sp³-hybridized carbons (Fsp3) is 0.308. The van der Waals surface area contributed by atoms with Gasteiger partial charge in [0.2, 0.25) is 11.9 Å². The van der Waals surface area contributed by atoms with Crippen molar-refractivity contribution in [1.82, 2.24) is 14.9 Å². The van der Waals surface area contributed by atoms with Gasteiger partial charge in [0.25, 0.3) is 0 Å². The maximum atomic E-state index is 11.9. The number of rotatable bonds is 3. The minimum absolute atomic E-state index is 0.129. The molecule has 1 unspecified atom stereocenters. The lowest BCUT2D eigenvalue weighted by atomic mass is 10.2. The Morgan fingerprint density at radius 1 is 1.63 bits per heavy atom. The van der Waals surface area contributed by atoms with Gasteiger partial charge in [-0.25, -0.2) is 4.98 Å². The molecule has 0 fully saturated rings. The largest absolute Gasteiger partial charge is 0.369 e. The Hall–Kier alpha value is -2.55. The number of anilines is 1. The highest BCUT2D eigenvalue weighted by atomic mass is 16.2. The van der Waals surface area contributed by atoms with E-state index in [4.69, 9.17) is 11.0 Å². The van der Waals surface area contributed by atoms with Crippen molar-refractivity contribution in [2.24, 2.45) is 0 Å². The number of hydrogen-bond donors (Lipinski definition) is 2.